The molecule has 1 rings (SSSR count). The van der Waals surface area contributed by atoms with Crippen molar-refractivity contribution in [2.75, 3.05) is 25.6 Å². The van der Waals surface area contributed by atoms with Gasteiger partial charge in [-0.15, -0.1) is 11.6 Å². The van der Waals surface area contributed by atoms with Gasteiger partial charge in [-0.05, 0) is 13.8 Å². The summed E-state index contributed by atoms with van der Waals surface area (Å²) in [6.07, 6.45) is 0. The molecule has 1 atom stereocenters. The quantitative estimate of drug-likeness (QED) is 0.714. The van der Waals surface area contributed by atoms with Gasteiger partial charge in [-0.2, -0.15) is 0 Å². The molecule has 0 bridgehead atoms. The maximum atomic E-state index is 11.8. The maximum Gasteiger partial charge on any atom is 0.245 e. The Bertz CT molecular complexity index is 271. The number of carbonyl (C=O) groups excluding carboxylic acids is 2. The van der Waals surface area contributed by atoms with Crippen molar-refractivity contribution in [2.45, 2.75) is 25.9 Å². The number of hydrogen-bond acceptors (Lipinski definition) is 3. The van der Waals surface area contributed by atoms with Crippen LogP contribution in [-0.4, -0.2) is 54.4 Å². The summed E-state index contributed by atoms with van der Waals surface area (Å²) in [5.74, 6) is -0.520. The Balaban J connectivity index is 2.66. The first kappa shape index (κ1) is 13.3. The molecule has 1 saturated heterocycles. The van der Waals surface area contributed by atoms with Gasteiger partial charge in [0.1, 0.15) is 11.9 Å². The van der Waals surface area contributed by atoms with E-state index in [0.29, 0.717) is 13.2 Å². The number of nitrogens with zero attached hydrogens (tertiary/aromatic N) is 1. The molecule has 5 nitrogen and oxygen atoms in total. The van der Waals surface area contributed by atoms with Crippen LogP contribution in [0.25, 0.3) is 0 Å². The van der Waals surface area contributed by atoms with Gasteiger partial charge in [0.05, 0.1) is 13.2 Å². The highest BCUT2D eigenvalue weighted by Gasteiger charge is 2.32. The predicted molar refractivity (Wildman–Crippen MR) is 60.3 cm³/mol. The average molecular weight is 249 g/mol. The van der Waals surface area contributed by atoms with Gasteiger partial charge in [-0.25, -0.2) is 0 Å². The standard InChI is InChI=1S/C10H17ClN2O3/c1-7(2)12-10(15)8-6-16-4-3-13(8)9(14)5-11/h7-8H,3-6H2,1-2H3,(H,12,15). The van der Waals surface area contributed by atoms with Crippen LogP contribution in [0.4, 0.5) is 0 Å². The molecular weight excluding hydrogens is 232 g/mol. The van der Waals surface area contributed by atoms with Crippen LogP contribution in [0.2, 0.25) is 0 Å². The van der Waals surface area contributed by atoms with Crippen molar-refractivity contribution in [1.29, 1.82) is 0 Å². The second-order valence-corrected chi connectivity index (χ2v) is 4.24. The fourth-order valence-corrected chi connectivity index (χ4v) is 1.73. The topological polar surface area (TPSA) is 58.6 Å². The molecule has 1 fully saturated rings. The molecule has 6 heteroatoms. The van der Waals surface area contributed by atoms with Crippen LogP contribution in [0, 0.1) is 0 Å². The molecule has 1 heterocycles. The van der Waals surface area contributed by atoms with Crippen LogP contribution in [0.5, 0.6) is 0 Å². The molecule has 0 aliphatic carbocycles. The number of morpholine rings is 1. The summed E-state index contributed by atoms with van der Waals surface area (Å²) in [5.41, 5.74) is 0. The van der Waals surface area contributed by atoms with Crippen molar-refractivity contribution in [3.63, 3.8) is 0 Å². The van der Waals surface area contributed by atoms with Crippen LogP contribution in [0.1, 0.15) is 13.8 Å². The number of ether oxygens (including phenoxy) is 1. The van der Waals surface area contributed by atoms with Crippen LogP contribution in [0.3, 0.4) is 0 Å². The molecule has 1 N–H and O–H groups in total. The van der Waals surface area contributed by atoms with Gasteiger partial charge in [0.25, 0.3) is 0 Å². The number of halogens is 1. The van der Waals surface area contributed by atoms with Crippen LogP contribution >= 0.6 is 11.6 Å². The van der Waals surface area contributed by atoms with E-state index < -0.39 is 6.04 Å². The van der Waals surface area contributed by atoms with Gasteiger partial charge in [-0.1, -0.05) is 0 Å². The molecule has 92 valence electrons. The summed E-state index contributed by atoms with van der Waals surface area (Å²) in [7, 11) is 0. The summed E-state index contributed by atoms with van der Waals surface area (Å²) < 4.78 is 5.21. The molecule has 0 aromatic carbocycles. The van der Waals surface area contributed by atoms with Crippen molar-refractivity contribution in [1.82, 2.24) is 10.2 Å². The zero-order valence-electron chi connectivity index (χ0n) is 9.53. The van der Waals surface area contributed by atoms with Gasteiger partial charge in [0, 0.05) is 12.6 Å². The normalized spacial score (nSPS) is 21.0. The summed E-state index contributed by atoms with van der Waals surface area (Å²) >= 11 is 5.50. The lowest BCUT2D eigenvalue weighted by molar-refractivity contribution is -0.146. The van der Waals surface area contributed by atoms with Gasteiger partial charge >= 0.3 is 0 Å². The van der Waals surface area contributed by atoms with Crippen LogP contribution in [-0.2, 0) is 14.3 Å². The summed E-state index contributed by atoms with van der Waals surface area (Å²) in [4.78, 5) is 24.8. The van der Waals surface area contributed by atoms with Crippen molar-refractivity contribution in [2.24, 2.45) is 0 Å². The minimum Gasteiger partial charge on any atom is -0.377 e. The first-order chi connectivity index (χ1) is 7.56. The highest BCUT2D eigenvalue weighted by molar-refractivity contribution is 6.27. The van der Waals surface area contributed by atoms with E-state index in [0.717, 1.165) is 0 Å². The first-order valence-electron chi connectivity index (χ1n) is 5.29. The number of hydrogen-bond donors (Lipinski definition) is 1. The first-order valence-corrected chi connectivity index (χ1v) is 5.83. The molecule has 1 aliphatic rings. The van der Waals surface area contributed by atoms with Crippen molar-refractivity contribution >= 4 is 23.4 Å². The predicted octanol–water partition coefficient (Wildman–Crippen LogP) is -0.0228. The lowest BCUT2D eigenvalue weighted by atomic mass is 10.2. The van der Waals surface area contributed by atoms with E-state index in [1.165, 1.54) is 4.90 Å². The second kappa shape index (κ2) is 6.06. The Kier molecular flexibility index (Phi) is 5.02. The fourth-order valence-electron chi connectivity index (χ4n) is 1.58. The largest absolute Gasteiger partial charge is 0.377 e. The van der Waals surface area contributed by atoms with E-state index in [1.807, 2.05) is 13.8 Å². The molecule has 0 radical (unpaired) electrons. The van der Waals surface area contributed by atoms with Crippen LogP contribution in [0.15, 0.2) is 0 Å². The fraction of sp³-hybridized carbons (Fsp3) is 0.800. The summed E-state index contributed by atoms with van der Waals surface area (Å²) in [6, 6.07) is -0.509. The van der Waals surface area contributed by atoms with E-state index in [1.54, 1.807) is 0 Å². The van der Waals surface area contributed by atoms with Gasteiger partial charge < -0.3 is 15.0 Å². The monoisotopic (exact) mass is 248 g/mol. The molecule has 0 aromatic rings. The highest BCUT2D eigenvalue weighted by Crippen LogP contribution is 2.08. The number of carbonyl (C=O) groups is 2. The second-order valence-electron chi connectivity index (χ2n) is 3.97. The van der Waals surface area contributed by atoms with Crippen molar-refractivity contribution in [3.8, 4) is 0 Å². The van der Waals surface area contributed by atoms with E-state index in [-0.39, 0.29) is 30.3 Å². The molecule has 0 spiro atoms. The van der Waals surface area contributed by atoms with Gasteiger partial charge in [0.2, 0.25) is 11.8 Å². The minimum atomic E-state index is -0.553. The molecule has 1 aliphatic heterocycles. The van der Waals surface area contributed by atoms with E-state index in [9.17, 15) is 9.59 Å². The number of alkyl halides is 1. The van der Waals surface area contributed by atoms with E-state index >= 15 is 0 Å². The number of rotatable bonds is 3. The SMILES string of the molecule is CC(C)NC(=O)C1COCCN1C(=O)CCl. The van der Waals surface area contributed by atoms with E-state index in [2.05, 4.69) is 5.32 Å². The molecular formula is C10H17ClN2O3. The Labute approximate surface area is 100 Å². The summed E-state index contributed by atoms with van der Waals surface area (Å²) in [5, 5.41) is 2.77. The van der Waals surface area contributed by atoms with E-state index in [4.69, 9.17) is 16.3 Å². The highest BCUT2D eigenvalue weighted by atomic mass is 35.5. The maximum absolute atomic E-state index is 11.8. The Morgan fingerprint density at radius 3 is 2.81 bits per heavy atom. The minimum absolute atomic E-state index is 0.0439. The third-order valence-corrected chi connectivity index (χ3v) is 2.53. The van der Waals surface area contributed by atoms with Crippen molar-refractivity contribution in [3.05, 3.63) is 0 Å². The Morgan fingerprint density at radius 2 is 2.25 bits per heavy atom. The molecule has 0 aromatic heterocycles. The molecule has 16 heavy (non-hydrogen) atoms. The molecule has 0 saturated carbocycles. The third kappa shape index (κ3) is 3.35. The molecule has 1 unspecified atom stereocenters. The van der Waals surface area contributed by atoms with Crippen molar-refractivity contribution < 1.29 is 14.3 Å². The van der Waals surface area contributed by atoms with Gasteiger partial charge in [-0.3, -0.25) is 9.59 Å². The zero-order chi connectivity index (χ0) is 12.1. The average Bonchev–Trinajstić information content (AvgIpc) is 2.27. The number of nitrogens with one attached hydrogen (secondary N) is 1. The summed E-state index contributed by atoms with van der Waals surface area (Å²) in [6.45, 7) is 4.85. The lowest BCUT2D eigenvalue weighted by Gasteiger charge is -2.34. The Hall–Kier alpha value is -0.810. The van der Waals surface area contributed by atoms with Gasteiger partial charge in [0.15, 0.2) is 0 Å². The zero-order valence-corrected chi connectivity index (χ0v) is 10.3. The lowest BCUT2D eigenvalue weighted by Crippen LogP contribution is -2.57. The third-order valence-electron chi connectivity index (χ3n) is 2.30. The molecule has 2 amide bonds. The van der Waals surface area contributed by atoms with Crippen LogP contribution < -0.4 is 5.32 Å². The number of amides is 2. The Morgan fingerprint density at radius 1 is 1.56 bits per heavy atom. The smallest absolute Gasteiger partial charge is 0.245 e.